The first kappa shape index (κ1) is 12.5. The van der Waals surface area contributed by atoms with Gasteiger partial charge in [0.15, 0.2) is 0 Å². The number of hydrogen-bond donors (Lipinski definition) is 2. The highest BCUT2D eigenvalue weighted by Gasteiger charge is 2.30. The molecule has 3 heteroatoms. The molecule has 3 rings (SSSR count). The van der Waals surface area contributed by atoms with Gasteiger partial charge in [-0.25, -0.2) is 0 Å². The van der Waals surface area contributed by atoms with E-state index >= 15 is 0 Å². The molecule has 1 unspecified atom stereocenters. The smallest absolute Gasteiger partial charge is 0.251 e. The lowest BCUT2D eigenvalue weighted by atomic mass is 10.1. The van der Waals surface area contributed by atoms with Crippen molar-refractivity contribution in [2.45, 2.75) is 51.1 Å². The standard InChI is InChI=1S/C16H22N2O/c1-2-15(11-6-7-11)17-14-5-3-4-12(10-14)16(19)18-13-8-9-13/h3-5,10-11,13,15,17H,2,6-9H2,1H3,(H,18,19). The molecule has 2 N–H and O–H groups in total. The molecule has 0 aliphatic heterocycles. The molecule has 2 fully saturated rings. The van der Waals surface area contributed by atoms with E-state index in [4.69, 9.17) is 0 Å². The SMILES string of the molecule is CCC(Nc1cccc(C(=O)NC2CC2)c1)C1CC1. The van der Waals surface area contributed by atoms with Crippen molar-refractivity contribution in [1.82, 2.24) is 5.32 Å². The van der Waals surface area contributed by atoms with Gasteiger partial charge in [0, 0.05) is 23.3 Å². The molecule has 0 aromatic heterocycles. The van der Waals surface area contributed by atoms with Gasteiger partial charge in [0.2, 0.25) is 0 Å². The highest BCUT2D eigenvalue weighted by molar-refractivity contribution is 5.95. The number of benzene rings is 1. The third kappa shape index (κ3) is 3.28. The lowest BCUT2D eigenvalue weighted by Crippen LogP contribution is -2.25. The van der Waals surface area contributed by atoms with Crippen LogP contribution in [0.5, 0.6) is 0 Å². The second-order valence-corrected chi connectivity index (χ2v) is 5.83. The Labute approximate surface area is 114 Å². The number of anilines is 1. The van der Waals surface area contributed by atoms with Crippen LogP contribution in [-0.4, -0.2) is 18.0 Å². The van der Waals surface area contributed by atoms with Crippen LogP contribution in [-0.2, 0) is 0 Å². The van der Waals surface area contributed by atoms with Gasteiger partial charge in [-0.3, -0.25) is 4.79 Å². The van der Waals surface area contributed by atoms with Crippen molar-refractivity contribution in [3.05, 3.63) is 29.8 Å². The molecule has 2 aliphatic rings. The Hall–Kier alpha value is -1.51. The van der Waals surface area contributed by atoms with Crippen molar-refractivity contribution in [2.24, 2.45) is 5.92 Å². The van der Waals surface area contributed by atoms with E-state index in [0.29, 0.717) is 12.1 Å². The van der Waals surface area contributed by atoms with E-state index in [-0.39, 0.29) is 5.91 Å². The van der Waals surface area contributed by atoms with Gasteiger partial charge in [-0.2, -0.15) is 0 Å². The molecule has 1 aromatic rings. The van der Waals surface area contributed by atoms with Crippen LogP contribution >= 0.6 is 0 Å². The minimum absolute atomic E-state index is 0.0608. The Morgan fingerprint density at radius 2 is 2.11 bits per heavy atom. The van der Waals surface area contributed by atoms with Crippen LogP contribution < -0.4 is 10.6 Å². The molecular weight excluding hydrogens is 236 g/mol. The van der Waals surface area contributed by atoms with Crippen LogP contribution in [0.4, 0.5) is 5.69 Å². The number of hydrogen-bond acceptors (Lipinski definition) is 2. The van der Waals surface area contributed by atoms with E-state index in [0.717, 1.165) is 36.4 Å². The molecule has 2 saturated carbocycles. The molecule has 19 heavy (non-hydrogen) atoms. The molecule has 0 saturated heterocycles. The maximum atomic E-state index is 12.0. The van der Waals surface area contributed by atoms with Crippen LogP contribution in [0, 0.1) is 5.92 Å². The van der Waals surface area contributed by atoms with Crippen molar-refractivity contribution >= 4 is 11.6 Å². The van der Waals surface area contributed by atoms with Gasteiger partial charge < -0.3 is 10.6 Å². The topological polar surface area (TPSA) is 41.1 Å². The Morgan fingerprint density at radius 1 is 1.32 bits per heavy atom. The van der Waals surface area contributed by atoms with Gasteiger partial charge in [-0.15, -0.1) is 0 Å². The second-order valence-electron chi connectivity index (χ2n) is 5.83. The zero-order valence-electron chi connectivity index (χ0n) is 11.5. The second kappa shape index (κ2) is 5.24. The first-order chi connectivity index (χ1) is 9.26. The Bertz CT molecular complexity index is 464. The molecule has 1 aromatic carbocycles. The molecule has 1 atom stereocenters. The van der Waals surface area contributed by atoms with E-state index in [1.807, 2.05) is 18.2 Å². The summed E-state index contributed by atoms with van der Waals surface area (Å²) >= 11 is 0. The summed E-state index contributed by atoms with van der Waals surface area (Å²) in [6.45, 7) is 2.22. The largest absolute Gasteiger partial charge is 0.382 e. The van der Waals surface area contributed by atoms with E-state index in [2.05, 4.69) is 23.6 Å². The monoisotopic (exact) mass is 258 g/mol. The Kier molecular flexibility index (Phi) is 3.45. The predicted octanol–water partition coefficient (Wildman–Crippen LogP) is 3.18. The summed E-state index contributed by atoms with van der Waals surface area (Å²) < 4.78 is 0. The van der Waals surface area contributed by atoms with Crippen molar-refractivity contribution in [1.29, 1.82) is 0 Å². The van der Waals surface area contributed by atoms with Crippen LogP contribution in [0.25, 0.3) is 0 Å². The van der Waals surface area contributed by atoms with Gasteiger partial charge in [0.25, 0.3) is 5.91 Å². The van der Waals surface area contributed by atoms with Crippen LogP contribution in [0.3, 0.4) is 0 Å². The van der Waals surface area contributed by atoms with Gasteiger partial charge in [-0.1, -0.05) is 13.0 Å². The Balaban J connectivity index is 1.65. The number of rotatable bonds is 6. The molecule has 102 valence electrons. The fourth-order valence-corrected chi connectivity index (χ4v) is 2.51. The van der Waals surface area contributed by atoms with Crippen LogP contribution in [0.15, 0.2) is 24.3 Å². The fourth-order valence-electron chi connectivity index (χ4n) is 2.51. The maximum Gasteiger partial charge on any atom is 0.251 e. The van der Waals surface area contributed by atoms with E-state index in [1.54, 1.807) is 0 Å². The quantitative estimate of drug-likeness (QED) is 0.823. The molecule has 2 aliphatic carbocycles. The van der Waals surface area contributed by atoms with Crippen molar-refractivity contribution in [2.75, 3.05) is 5.32 Å². The summed E-state index contributed by atoms with van der Waals surface area (Å²) in [5, 5.41) is 6.61. The maximum absolute atomic E-state index is 12.0. The van der Waals surface area contributed by atoms with Gasteiger partial charge in [0.05, 0.1) is 0 Å². The number of nitrogens with one attached hydrogen (secondary N) is 2. The minimum atomic E-state index is 0.0608. The van der Waals surface area contributed by atoms with Gasteiger partial charge in [-0.05, 0) is 56.2 Å². The average Bonchev–Trinajstić information content (AvgIpc) is 3.29. The first-order valence-electron chi connectivity index (χ1n) is 7.43. The minimum Gasteiger partial charge on any atom is -0.382 e. The van der Waals surface area contributed by atoms with E-state index in [1.165, 1.54) is 12.8 Å². The summed E-state index contributed by atoms with van der Waals surface area (Å²) in [5.41, 5.74) is 1.84. The summed E-state index contributed by atoms with van der Waals surface area (Å²) in [5.74, 6) is 0.888. The number of carbonyl (C=O) groups excluding carboxylic acids is 1. The normalized spacial score (nSPS) is 19.8. The molecule has 1 amide bonds. The average molecular weight is 258 g/mol. The van der Waals surface area contributed by atoms with Crippen molar-refractivity contribution < 1.29 is 4.79 Å². The van der Waals surface area contributed by atoms with Crippen molar-refractivity contribution in [3.8, 4) is 0 Å². The fraction of sp³-hybridized carbons (Fsp3) is 0.562. The number of carbonyl (C=O) groups is 1. The predicted molar refractivity (Wildman–Crippen MR) is 77.4 cm³/mol. The highest BCUT2D eigenvalue weighted by Crippen LogP contribution is 2.35. The molecule has 3 nitrogen and oxygen atoms in total. The van der Waals surface area contributed by atoms with E-state index in [9.17, 15) is 4.79 Å². The van der Waals surface area contributed by atoms with Gasteiger partial charge in [0.1, 0.15) is 0 Å². The molecule has 0 bridgehead atoms. The Morgan fingerprint density at radius 3 is 2.74 bits per heavy atom. The summed E-state index contributed by atoms with van der Waals surface area (Å²) in [7, 11) is 0. The third-order valence-corrected chi connectivity index (χ3v) is 4.02. The van der Waals surface area contributed by atoms with Crippen LogP contribution in [0.2, 0.25) is 0 Å². The molecule has 0 spiro atoms. The third-order valence-electron chi connectivity index (χ3n) is 4.02. The summed E-state index contributed by atoms with van der Waals surface area (Å²) in [6, 6.07) is 8.85. The summed E-state index contributed by atoms with van der Waals surface area (Å²) in [6.07, 6.45) is 6.08. The van der Waals surface area contributed by atoms with Crippen molar-refractivity contribution in [3.63, 3.8) is 0 Å². The summed E-state index contributed by atoms with van der Waals surface area (Å²) in [4.78, 5) is 12.0. The van der Waals surface area contributed by atoms with Crippen LogP contribution in [0.1, 0.15) is 49.4 Å². The first-order valence-corrected chi connectivity index (χ1v) is 7.43. The lowest BCUT2D eigenvalue weighted by molar-refractivity contribution is 0.0951. The lowest BCUT2D eigenvalue weighted by Gasteiger charge is -2.18. The van der Waals surface area contributed by atoms with E-state index < -0.39 is 0 Å². The molecule has 0 heterocycles. The zero-order valence-corrected chi connectivity index (χ0v) is 11.5. The molecule has 0 radical (unpaired) electrons. The highest BCUT2D eigenvalue weighted by atomic mass is 16.1. The molecular formula is C16H22N2O. The van der Waals surface area contributed by atoms with Gasteiger partial charge >= 0.3 is 0 Å². The number of amides is 1. The zero-order chi connectivity index (χ0) is 13.2.